The molecule has 4 unspecified atom stereocenters. The monoisotopic (exact) mass is 414 g/mol. The molecule has 1 amide bonds. The van der Waals surface area contributed by atoms with Crippen LogP contribution in [0.4, 0.5) is 0 Å². The van der Waals surface area contributed by atoms with Gasteiger partial charge >= 0.3 is 0 Å². The minimum atomic E-state index is -0.0879. The highest BCUT2D eigenvalue weighted by Crippen LogP contribution is 2.49. The van der Waals surface area contributed by atoms with Gasteiger partial charge in [-0.3, -0.25) is 14.2 Å². The van der Waals surface area contributed by atoms with Crippen LogP contribution in [0.5, 0.6) is 0 Å². The van der Waals surface area contributed by atoms with Crippen LogP contribution in [0, 0.1) is 23.7 Å². The lowest BCUT2D eigenvalue weighted by atomic mass is 9.84. The Labute approximate surface area is 175 Å². The van der Waals surface area contributed by atoms with Crippen LogP contribution in [-0.2, 0) is 11.3 Å². The summed E-state index contributed by atoms with van der Waals surface area (Å²) in [6.45, 7) is 6.85. The van der Waals surface area contributed by atoms with Crippen LogP contribution < -0.4 is 10.9 Å². The van der Waals surface area contributed by atoms with E-state index in [1.807, 2.05) is 0 Å². The van der Waals surface area contributed by atoms with E-state index in [1.54, 1.807) is 22.9 Å². The van der Waals surface area contributed by atoms with Gasteiger partial charge < -0.3 is 5.32 Å². The Kier molecular flexibility index (Phi) is 5.95. The molecule has 29 heavy (non-hydrogen) atoms. The molecule has 2 aromatic heterocycles. The molecule has 0 saturated heterocycles. The smallest absolute Gasteiger partial charge is 0.263 e. The summed E-state index contributed by atoms with van der Waals surface area (Å²) in [5.74, 6) is 2.84. The quantitative estimate of drug-likeness (QED) is 0.554. The van der Waals surface area contributed by atoms with Crippen molar-refractivity contribution in [1.29, 1.82) is 0 Å². The van der Waals surface area contributed by atoms with Gasteiger partial charge in [-0.15, -0.1) is 0 Å². The van der Waals surface area contributed by atoms with Crippen LogP contribution in [0.3, 0.4) is 0 Å². The maximum Gasteiger partial charge on any atom is 0.263 e. The molecular formula is C22H30N4O2S. The highest BCUT2D eigenvalue weighted by molar-refractivity contribution is 7.99. The van der Waals surface area contributed by atoms with Crippen molar-refractivity contribution in [2.75, 3.05) is 5.75 Å². The van der Waals surface area contributed by atoms with Crippen molar-refractivity contribution in [3.63, 3.8) is 0 Å². The molecule has 2 bridgehead atoms. The summed E-state index contributed by atoms with van der Waals surface area (Å²) in [6, 6.07) is 3.72. The molecule has 2 fully saturated rings. The number of carbonyl (C=O) groups excluding carboxylic acids is 1. The van der Waals surface area contributed by atoms with Crippen molar-refractivity contribution < 1.29 is 4.79 Å². The molecule has 156 valence electrons. The first-order chi connectivity index (χ1) is 13.9. The van der Waals surface area contributed by atoms with Gasteiger partial charge in [0.05, 0.1) is 11.1 Å². The van der Waals surface area contributed by atoms with Crippen LogP contribution in [0.2, 0.25) is 0 Å². The van der Waals surface area contributed by atoms with Gasteiger partial charge in [-0.05, 0) is 62.0 Å². The zero-order chi connectivity index (χ0) is 20.5. The third kappa shape index (κ3) is 4.34. The van der Waals surface area contributed by atoms with E-state index < -0.39 is 0 Å². The van der Waals surface area contributed by atoms with Gasteiger partial charge in [0.1, 0.15) is 0 Å². The number of rotatable bonds is 7. The Morgan fingerprint density at radius 1 is 1.31 bits per heavy atom. The Morgan fingerprint density at radius 2 is 2.14 bits per heavy atom. The SMILES string of the molecule is CC(C)Cn1c(SCC(=O)NC(C)C2CC3CCC2C3)nc2ncccc2c1=O. The first-order valence-electron chi connectivity index (χ1n) is 10.7. The molecule has 0 spiro atoms. The number of pyridine rings is 1. The molecular weight excluding hydrogens is 384 g/mol. The normalized spacial score (nSPS) is 24.3. The van der Waals surface area contributed by atoms with Crippen molar-refractivity contribution in [1.82, 2.24) is 19.9 Å². The molecule has 2 aliphatic carbocycles. The minimum absolute atomic E-state index is 0.0109. The van der Waals surface area contributed by atoms with Crippen LogP contribution >= 0.6 is 11.8 Å². The summed E-state index contributed by atoms with van der Waals surface area (Å²) in [5, 5.41) is 4.29. The molecule has 4 rings (SSSR count). The van der Waals surface area contributed by atoms with E-state index in [0.717, 1.165) is 11.8 Å². The lowest BCUT2D eigenvalue weighted by Gasteiger charge is -2.28. The molecule has 0 radical (unpaired) electrons. The fourth-order valence-corrected chi connectivity index (χ4v) is 5.92. The van der Waals surface area contributed by atoms with Crippen molar-refractivity contribution in [3.8, 4) is 0 Å². The van der Waals surface area contributed by atoms with Crippen molar-refractivity contribution in [2.24, 2.45) is 23.7 Å². The molecule has 2 aliphatic rings. The third-order valence-corrected chi connectivity index (χ3v) is 7.37. The topological polar surface area (TPSA) is 76.9 Å². The van der Waals surface area contributed by atoms with E-state index in [2.05, 4.69) is 36.1 Å². The second-order valence-corrected chi connectivity index (χ2v) is 10.0. The fourth-order valence-electron chi connectivity index (χ4n) is 5.11. The number of amides is 1. The van der Waals surface area contributed by atoms with E-state index in [4.69, 9.17) is 0 Å². The molecule has 2 saturated carbocycles. The van der Waals surface area contributed by atoms with Gasteiger partial charge in [0.25, 0.3) is 5.56 Å². The zero-order valence-corrected chi connectivity index (χ0v) is 18.2. The number of carbonyl (C=O) groups is 1. The van der Waals surface area contributed by atoms with Crippen LogP contribution in [0.15, 0.2) is 28.3 Å². The summed E-state index contributed by atoms with van der Waals surface area (Å²) in [7, 11) is 0. The van der Waals surface area contributed by atoms with Crippen molar-refractivity contribution >= 4 is 28.7 Å². The van der Waals surface area contributed by atoms with Gasteiger partial charge in [-0.2, -0.15) is 0 Å². The molecule has 2 aromatic rings. The Hall–Kier alpha value is -1.89. The number of aromatic nitrogens is 3. The molecule has 7 heteroatoms. The zero-order valence-electron chi connectivity index (χ0n) is 17.4. The summed E-state index contributed by atoms with van der Waals surface area (Å²) < 4.78 is 1.69. The predicted molar refractivity (Wildman–Crippen MR) is 116 cm³/mol. The van der Waals surface area contributed by atoms with Gasteiger partial charge in [-0.25, -0.2) is 9.97 Å². The summed E-state index contributed by atoms with van der Waals surface area (Å²) in [4.78, 5) is 34.4. The highest BCUT2D eigenvalue weighted by atomic mass is 32.2. The standard InChI is InChI=1S/C22H30N4O2S/c1-13(2)11-26-21(28)17-5-4-8-23-20(17)25-22(26)29-12-19(27)24-14(3)18-10-15-6-7-16(18)9-15/h4-5,8,13-16,18H,6-7,9-12H2,1-3H3,(H,24,27). The van der Waals surface area contributed by atoms with Crippen LogP contribution in [0.25, 0.3) is 11.0 Å². The lowest BCUT2D eigenvalue weighted by molar-refractivity contribution is -0.119. The first kappa shape index (κ1) is 20.4. The highest BCUT2D eigenvalue weighted by Gasteiger charge is 2.42. The molecule has 6 nitrogen and oxygen atoms in total. The Morgan fingerprint density at radius 3 is 2.83 bits per heavy atom. The summed E-state index contributed by atoms with van der Waals surface area (Å²) >= 11 is 1.33. The van der Waals surface area contributed by atoms with Crippen LogP contribution in [0.1, 0.15) is 46.5 Å². The lowest BCUT2D eigenvalue weighted by Crippen LogP contribution is -2.41. The second kappa shape index (κ2) is 8.46. The third-order valence-electron chi connectivity index (χ3n) is 6.40. The summed E-state index contributed by atoms with van der Waals surface area (Å²) in [6.07, 6.45) is 6.92. The number of thioether (sulfide) groups is 1. The van der Waals surface area contributed by atoms with E-state index in [9.17, 15) is 9.59 Å². The Balaban J connectivity index is 1.45. The molecule has 0 aliphatic heterocycles. The summed E-state index contributed by atoms with van der Waals surface area (Å²) in [5.41, 5.74) is 0.353. The van der Waals surface area contributed by atoms with Crippen LogP contribution in [-0.4, -0.2) is 32.2 Å². The molecule has 4 atom stereocenters. The van der Waals surface area contributed by atoms with E-state index >= 15 is 0 Å². The van der Waals surface area contributed by atoms with Gasteiger partial charge in [0, 0.05) is 18.8 Å². The molecule has 1 N–H and O–H groups in total. The maximum absolute atomic E-state index is 12.9. The van der Waals surface area contributed by atoms with E-state index in [1.165, 1.54) is 37.4 Å². The second-order valence-electron chi connectivity index (χ2n) is 9.06. The number of nitrogens with zero attached hydrogens (tertiary/aromatic N) is 3. The Bertz CT molecular complexity index is 957. The van der Waals surface area contributed by atoms with Crippen molar-refractivity contribution in [2.45, 2.75) is 64.2 Å². The first-order valence-corrected chi connectivity index (χ1v) is 11.7. The molecule has 2 heterocycles. The fraction of sp³-hybridized carbons (Fsp3) is 0.636. The largest absolute Gasteiger partial charge is 0.353 e. The van der Waals surface area contributed by atoms with E-state index in [-0.39, 0.29) is 23.3 Å². The van der Waals surface area contributed by atoms with Gasteiger partial charge in [0.15, 0.2) is 10.8 Å². The average Bonchev–Trinajstić information content (AvgIpc) is 3.32. The number of hydrogen-bond donors (Lipinski definition) is 1. The van der Waals surface area contributed by atoms with Crippen molar-refractivity contribution in [3.05, 3.63) is 28.7 Å². The average molecular weight is 415 g/mol. The predicted octanol–water partition coefficient (Wildman–Crippen LogP) is 3.48. The number of fused-ring (bicyclic) bond motifs is 3. The van der Waals surface area contributed by atoms with Gasteiger partial charge in [0.2, 0.25) is 5.91 Å². The number of nitrogens with one attached hydrogen (secondary N) is 1. The van der Waals surface area contributed by atoms with E-state index in [0.29, 0.717) is 34.6 Å². The minimum Gasteiger partial charge on any atom is -0.353 e. The maximum atomic E-state index is 12.9. The number of hydrogen-bond acceptors (Lipinski definition) is 5. The van der Waals surface area contributed by atoms with Gasteiger partial charge in [-0.1, -0.05) is 32.0 Å². The molecule has 0 aromatic carbocycles.